The van der Waals surface area contributed by atoms with Crippen LogP contribution in [0.1, 0.15) is 43.4 Å². The monoisotopic (exact) mass is 431 g/mol. The number of carbonyl (C=O) groups excluding carboxylic acids is 1. The molecule has 4 atom stereocenters. The number of piperidine rings is 1. The van der Waals surface area contributed by atoms with Crippen LogP contribution in [0.5, 0.6) is 5.75 Å². The molecule has 3 heterocycles. The number of likely N-dealkylation sites (tertiary alicyclic amines) is 1. The quantitative estimate of drug-likeness (QED) is 0.776. The van der Waals surface area contributed by atoms with Gasteiger partial charge in [0.1, 0.15) is 11.3 Å². The number of ether oxygens (including phenoxy) is 1. The van der Waals surface area contributed by atoms with Gasteiger partial charge in [0.2, 0.25) is 5.91 Å². The molecule has 1 N–H and O–H groups in total. The maximum absolute atomic E-state index is 13.4. The minimum absolute atomic E-state index is 0.0265. The molecule has 3 aliphatic heterocycles. The topological polar surface area (TPSA) is 78.7 Å². The zero-order valence-electron chi connectivity index (χ0n) is 19.0. The predicted octanol–water partition coefficient (Wildman–Crippen LogP) is 4.46. The van der Waals surface area contributed by atoms with Crippen molar-refractivity contribution in [3.63, 3.8) is 0 Å². The van der Waals surface area contributed by atoms with Crippen molar-refractivity contribution in [1.29, 1.82) is 0 Å². The van der Waals surface area contributed by atoms with Crippen LogP contribution >= 0.6 is 0 Å². The third kappa shape index (κ3) is 3.23. The standard InChI is InChI=1S/C25H29N5O2/c1-16-5-10-20-21(11-16)27-23(31)25(20)12-17(2)30(14-18-6-8-19(32-4)9-7-18)22(13-25)24(3)15-26-29-28-24/h5-11,15,17,22H,12-14H2,1-4H3,(H,27,31)/t17-,22-,24+,25-/m0/s1. The number of aryl methyl sites for hydroxylation is 1. The molecule has 1 saturated heterocycles. The zero-order chi connectivity index (χ0) is 22.5. The summed E-state index contributed by atoms with van der Waals surface area (Å²) >= 11 is 0. The van der Waals surface area contributed by atoms with E-state index in [1.165, 1.54) is 5.56 Å². The number of amides is 1. The van der Waals surface area contributed by atoms with E-state index < -0.39 is 11.0 Å². The molecule has 32 heavy (non-hydrogen) atoms. The number of anilines is 1. The van der Waals surface area contributed by atoms with E-state index >= 15 is 0 Å². The molecular weight excluding hydrogens is 402 g/mol. The van der Waals surface area contributed by atoms with Gasteiger partial charge in [0.25, 0.3) is 0 Å². The Morgan fingerprint density at radius 2 is 1.97 bits per heavy atom. The highest BCUT2D eigenvalue weighted by Crippen LogP contribution is 2.51. The summed E-state index contributed by atoms with van der Waals surface area (Å²) in [6.45, 7) is 7.08. The minimum Gasteiger partial charge on any atom is -0.497 e. The SMILES string of the molecule is COc1ccc(CN2[C@H]([C@@]3(C)C=NN=N3)C[C@]3(C[C@@H]2C)C(=O)Nc2cc(C)ccc23)cc1. The summed E-state index contributed by atoms with van der Waals surface area (Å²) in [6.07, 6.45) is 3.25. The molecule has 3 aliphatic rings. The third-order valence-corrected chi connectivity index (χ3v) is 7.36. The molecule has 0 saturated carbocycles. The lowest BCUT2D eigenvalue weighted by atomic mass is 9.65. The first-order chi connectivity index (χ1) is 15.3. The summed E-state index contributed by atoms with van der Waals surface area (Å²) in [7, 11) is 1.68. The van der Waals surface area contributed by atoms with E-state index in [0.717, 1.165) is 35.5 Å². The van der Waals surface area contributed by atoms with E-state index in [2.05, 4.69) is 76.8 Å². The van der Waals surface area contributed by atoms with E-state index in [1.54, 1.807) is 7.11 Å². The number of nitrogens with one attached hydrogen (secondary N) is 1. The third-order valence-electron chi connectivity index (χ3n) is 7.36. The molecule has 0 radical (unpaired) electrons. The Kier molecular flexibility index (Phi) is 4.89. The van der Waals surface area contributed by atoms with Gasteiger partial charge in [-0.05, 0) is 73.7 Å². The van der Waals surface area contributed by atoms with Crippen LogP contribution in [0.4, 0.5) is 5.69 Å². The summed E-state index contributed by atoms with van der Waals surface area (Å²) in [5.74, 6) is 0.934. The second kappa shape index (κ2) is 7.52. The normalized spacial score (nSPS) is 31.2. The van der Waals surface area contributed by atoms with Crippen LogP contribution in [-0.2, 0) is 16.8 Å². The number of nitrogens with zero attached hydrogens (tertiary/aromatic N) is 4. The van der Waals surface area contributed by atoms with Gasteiger partial charge in [0.05, 0.1) is 18.7 Å². The highest BCUT2D eigenvalue weighted by atomic mass is 16.5. The minimum atomic E-state index is -0.581. The average molecular weight is 432 g/mol. The first-order valence-corrected chi connectivity index (χ1v) is 11.1. The molecule has 1 amide bonds. The molecule has 2 aromatic rings. The van der Waals surface area contributed by atoms with Gasteiger partial charge in [0.15, 0.2) is 0 Å². The van der Waals surface area contributed by atoms with Crippen LogP contribution in [-0.4, -0.2) is 41.8 Å². The van der Waals surface area contributed by atoms with Crippen molar-refractivity contribution in [2.45, 2.75) is 63.2 Å². The van der Waals surface area contributed by atoms with Crippen LogP contribution in [0.3, 0.4) is 0 Å². The lowest BCUT2D eigenvalue weighted by Gasteiger charge is -2.51. The number of hydrogen-bond acceptors (Lipinski definition) is 6. The Morgan fingerprint density at radius 3 is 2.66 bits per heavy atom. The van der Waals surface area contributed by atoms with E-state index in [-0.39, 0.29) is 18.0 Å². The van der Waals surface area contributed by atoms with Gasteiger partial charge in [-0.1, -0.05) is 24.3 Å². The van der Waals surface area contributed by atoms with Gasteiger partial charge in [-0.15, -0.1) is 5.10 Å². The van der Waals surface area contributed by atoms with Gasteiger partial charge >= 0.3 is 0 Å². The van der Waals surface area contributed by atoms with Crippen molar-refractivity contribution < 1.29 is 9.53 Å². The smallest absolute Gasteiger partial charge is 0.235 e. The lowest BCUT2D eigenvalue weighted by molar-refractivity contribution is -0.125. The summed E-state index contributed by atoms with van der Waals surface area (Å²) in [5, 5.41) is 15.7. The molecule has 1 fully saturated rings. The Labute approximate surface area is 188 Å². The largest absolute Gasteiger partial charge is 0.497 e. The van der Waals surface area contributed by atoms with Crippen molar-refractivity contribution in [1.82, 2.24) is 4.90 Å². The van der Waals surface area contributed by atoms with Crippen LogP contribution < -0.4 is 10.1 Å². The van der Waals surface area contributed by atoms with Crippen LogP contribution in [0.2, 0.25) is 0 Å². The number of benzene rings is 2. The van der Waals surface area contributed by atoms with Crippen molar-refractivity contribution in [2.24, 2.45) is 15.4 Å². The fourth-order valence-corrected chi connectivity index (χ4v) is 5.60. The summed E-state index contributed by atoms with van der Waals surface area (Å²) < 4.78 is 5.31. The fraction of sp³-hybridized carbons (Fsp3) is 0.440. The number of carbonyl (C=O) groups is 1. The fourth-order valence-electron chi connectivity index (χ4n) is 5.60. The van der Waals surface area contributed by atoms with Gasteiger partial charge in [-0.25, -0.2) is 0 Å². The van der Waals surface area contributed by atoms with E-state index in [0.29, 0.717) is 6.42 Å². The maximum Gasteiger partial charge on any atom is 0.235 e. The molecular formula is C25H29N5O2. The highest BCUT2D eigenvalue weighted by molar-refractivity contribution is 6.06. The molecule has 7 heteroatoms. The summed E-state index contributed by atoms with van der Waals surface area (Å²) in [6, 6.07) is 14.6. The first kappa shape index (κ1) is 20.8. The van der Waals surface area contributed by atoms with Gasteiger partial charge < -0.3 is 10.1 Å². The average Bonchev–Trinajstić information content (AvgIpc) is 3.32. The molecule has 0 aliphatic carbocycles. The highest BCUT2D eigenvalue weighted by Gasteiger charge is 2.57. The molecule has 0 aromatic heterocycles. The van der Waals surface area contributed by atoms with Crippen LogP contribution in [0, 0.1) is 6.92 Å². The van der Waals surface area contributed by atoms with E-state index in [1.807, 2.05) is 18.3 Å². The van der Waals surface area contributed by atoms with Crippen LogP contribution in [0.25, 0.3) is 0 Å². The van der Waals surface area contributed by atoms with Crippen molar-refractivity contribution in [2.75, 3.05) is 12.4 Å². The van der Waals surface area contributed by atoms with E-state index in [4.69, 9.17) is 4.74 Å². The Hall–Kier alpha value is -3.06. The lowest BCUT2D eigenvalue weighted by Crippen LogP contribution is -2.62. The van der Waals surface area contributed by atoms with E-state index in [9.17, 15) is 4.79 Å². The maximum atomic E-state index is 13.4. The number of fused-ring (bicyclic) bond motifs is 2. The second-order valence-electron chi connectivity index (χ2n) is 9.54. The van der Waals surface area contributed by atoms with Gasteiger partial charge in [0, 0.05) is 24.3 Å². The Morgan fingerprint density at radius 1 is 1.19 bits per heavy atom. The first-order valence-electron chi connectivity index (χ1n) is 11.1. The molecule has 0 unspecified atom stereocenters. The summed E-state index contributed by atoms with van der Waals surface area (Å²) in [4.78, 5) is 15.9. The number of methoxy groups -OCH3 is 1. The number of hydrogen-bond donors (Lipinski definition) is 1. The van der Waals surface area contributed by atoms with Crippen molar-refractivity contribution in [3.8, 4) is 5.75 Å². The van der Waals surface area contributed by atoms with Gasteiger partial charge in [-0.3, -0.25) is 9.69 Å². The summed E-state index contributed by atoms with van der Waals surface area (Å²) in [5.41, 5.74) is 3.23. The Bertz CT molecular complexity index is 1100. The molecule has 166 valence electrons. The zero-order valence-corrected chi connectivity index (χ0v) is 19.0. The molecule has 7 nitrogen and oxygen atoms in total. The number of rotatable bonds is 4. The Balaban J connectivity index is 1.54. The molecule has 2 aromatic carbocycles. The van der Waals surface area contributed by atoms with Crippen molar-refractivity contribution in [3.05, 3.63) is 59.2 Å². The second-order valence-corrected chi connectivity index (χ2v) is 9.54. The molecule has 0 bridgehead atoms. The predicted molar refractivity (Wildman–Crippen MR) is 124 cm³/mol. The van der Waals surface area contributed by atoms with Gasteiger partial charge in [-0.2, -0.15) is 5.11 Å². The van der Waals surface area contributed by atoms with Crippen LogP contribution in [0.15, 0.2) is 57.9 Å². The molecule has 1 spiro atoms. The van der Waals surface area contributed by atoms with Crippen molar-refractivity contribution >= 4 is 17.8 Å². The molecule has 5 rings (SSSR count).